The fourth-order valence-electron chi connectivity index (χ4n) is 5.04. The van der Waals surface area contributed by atoms with Crippen molar-refractivity contribution in [2.75, 3.05) is 54.5 Å². The highest BCUT2D eigenvalue weighted by Gasteiger charge is 2.28. The molecule has 2 N–H and O–H groups in total. The number of carbonyl (C=O) groups excluding carboxylic acids is 1. The van der Waals surface area contributed by atoms with Gasteiger partial charge in [-0.1, -0.05) is 6.07 Å². The number of ether oxygens (including phenoxy) is 1. The minimum Gasteiger partial charge on any atom is -0.422 e. The fraction of sp³-hybridized carbons (Fsp3) is 0.423. The topological polar surface area (TPSA) is 126 Å². The second-order valence-electron chi connectivity index (χ2n) is 9.92. The second kappa shape index (κ2) is 10.0. The number of pyridine rings is 2. The van der Waals surface area contributed by atoms with Crippen LogP contribution < -0.4 is 20.4 Å². The smallest absolute Gasteiger partial charge is 0.300 e. The number of hydrogen-bond acceptors (Lipinski definition) is 10. The zero-order valence-electron chi connectivity index (χ0n) is 21.7. The van der Waals surface area contributed by atoms with Gasteiger partial charge in [0.25, 0.3) is 11.9 Å². The number of aryl methyl sites for hydroxylation is 1. The van der Waals surface area contributed by atoms with Crippen LogP contribution in [0.15, 0.2) is 41.1 Å². The first-order chi connectivity index (χ1) is 18.4. The molecule has 2 aliphatic rings. The predicted molar refractivity (Wildman–Crippen MR) is 144 cm³/mol. The largest absolute Gasteiger partial charge is 0.422 e. The maximum atomic E-state index is 13.7. The molecule has 2 fully saturated rings. The molecule has 12 nitrogen and oxygen atoms in total. The van der Waals surface area contributed by atoms with Gasteiger partial charge in [-0.3, -0.25) is 9.48 Å². The number of anilines is 3. The van der Waals surface area contributed by atoms with Gasteiger partial charge in [0.15, 0.2) is 5.58 Å². The summed E-state index contributed by atoms with van der Waals surface area (Å²) in [7, 11) is 1.85. The first-order valence-corrected chi connectivity index (χ1v) is 12.9. The summed E-state index contributed by atoms with van der Waals surface area (Å²) in [6, 6.07) is 8.23. The Labute approximate surface area is 220 Å². The molecule has 0 aliphatic carbocycles. The van der Waals surface area contributed by atoms with Crippen LogP contribution in [0.1, 0.15) is 24.2 Å². The molecule has 6 heterocycles. The first-order valence-electron chi connectivity index (χ1n) is 12.9. The molecule has 2 atom stereocenters. The lowest BCUT2D eigenvalue weighted by atomic mass is 10.1. The number of oxazole rings is 1. The Morgan fingerprint density at radius 3 is 2.61 bits per heavy atom. The zero-order chi connectivity index (χ0) is 26.2. The lowest BCUT2D eigenvalue weighted by molar-refractivity contribution is 0.102. The van der Waals surface area contributed by atoms with Gasteiger partial charge < -0.3 is 29.6 Å². The molecule has 6 rings (SSSR count). The SMILES string of the molecule is CC1CN(c2nc3nc(N4CCOCC4)oc3cc2C(=O)Nc2cccc(-c3cnn(C)c3)n2)CC(C)N1. The van der Waals surface area contributed by atoms with Crippen LogP contribution in [0.25, 0.3) is 22.5 Å². The van der Waals surface area contributed by atoms with Gasteiger partial charge in [-0.05, 0) is 26.0 Å². The van der Waals surface area contributed by atoms with Gasteiger partial charge in [0.1, 0.15) is 11.6 Å². The third-order valence-electron chi connectivity index (χ3n) is 6.73. The Morgan fingerprint density at radius 1 is 1.08 bits per heavy atom. The maximum Gasteiger partial charge on any atom is 0.300 e. The van der Waals surface area contributed by atoms with Crippen molar-refractivity contribution in [3.8, 4) is 11.3 Å². The minimum atomic E-state index is -0.312. The Balaban J connectivity index is 1.35. The van der Waals surface area contributed by atoms with Crippen LogP contribution in [0, 0.1) is 0 Å². The van der Waals surface area contributed by atoms with Crippen molar-refractivity contribution in [2.24, 2.45) is 7.05 Å². The number of fused-ring (bicyclic) bond motifs is 1. The summed E-state index contributed by atoms with van der Waals surface area (Å²) in [5, 5.41) is 10.7. The molecular formula is C26H31N9O3. The summed E-state index contributed by atoms with van der Waals surface area (Å²) >= 11 is 0. The van der Waals surface area contributed by atoms with Gasteiger partial charge in [0.05, 0.1) is 30.7 Å². The van der Waals surface area contributed by atoms with E-state index in [1.165, 1.54) is 0 Å². The molecule has 198 valence electrons. The summed E-state index contributed by atoms with van der Waals surface area (Å²) in [6.45, 7) is 8.30. The van der Waals surface area contributed by atoms with Crippen molar-refractivity contribution in [2.45, 2.75) is 25.9 Å². The van der Waals surface area contributed by atoms with Crippen molar-refractivity contribution in [1.82, 2.24) is 30.0 Å². The van der Waals surface area contributed by atoms with E-state index in [4.69, 9.17) is 14.1 Å². The van der Waals surface area contributed by atoms with E-state index in [0.717, 1.165) is 11.3 Å². The summed E-state index contributed by atoms with van der Waals surface area (Å²) in [5.41, 5.74) is 2.95. The summed E-state index contributed by atoms with van der Waals surface area (Å²) in [4.78, 5) is 32.0. The number of piperazine rings is 1. The minimum absolute atomic E-state index is 0.242. The third kappa shape index (κ3) is 4.92. The van der Waals surface area contributed by atoms with Crippen LogP contribution in [0.4, 0.5) is 17.7 Å². The molecule has 0 spiro atoms. The normalized spacial score (nSPS) is 20.2. The van der Waals surface area contributed by atoms with Crippen molar-refractivity contribution in [3.05, 3.63) is 42.2 Å². The number of hydrogen-bond donors (Lipinski definition) is 2. The number of carbonyl (C=O) groups is 1. The van der Waals surface area contributed by atoms with Gasteiger partial charge in [0, 0.05) is 63.1 Å². The number of rotatable bonds is 5. The van der Waals surface area contributed by atoms with Crippen LogP contribution in [0.3, 0.4) is 0 Å². The quantitative estimate of drug-likeness (QED) is 0.407. The molecule has 0 aromatic carbocycles. The highest BCUT2D eigenvalue weighted by molar-refractivity contribution is 6.08. The molecule has 0 saturated carbocycles. The van der Waals surface area contributed by atoms with Crippen LogP contribution in [0.2, 0.25) is 0 Å². The highest BCUT2D eigenvalue weighted by atomic mass is 16.5. The molecule has 12 heteroatoms. The number of aromatic nitrogens is 5. The van der Waals surface area contributed by atoms with E-state index in [-0.39, 0.29) is 18.0 Å². The summed E-state index contributed by atoms with van der Waals surface area (Å²) < 4.78 is 13.2. The van der Waals surface area contributed by atoms with Gasteiger partial charge in [-0.15, -0.1) is 0 Å². The number of morpholine rings is 1. The van der Waals surface area contributed by atoms with Crippen LogP contribution in [-0.2, 0) is 11.8 Å². The summed E-state index contributed by atoms with van der Waals surface area (Å²) in [5.74, 6) is 0.713. The van der Waals surface area contributed by atoms with Crippen molar-refractivity contribution in [3.63, 3.8) is 0 Å². The molecule has 2 unspecified atom stereocenters. The molecule has 0 bridgehead atoms. The van der Waals surface area contributed by atoms with Gasteiger partial charge in [-0.25, -0.2) is 9.97 Å². The molecule has 4 aromatic heterocycles. The Bertz CT molecular complexity index is 1450. The number of amides is 1. The first kappa shape index (κ1) is 24.3. The average Bonchev–Trinajstić information content (AvgIpc) is 3.54. The maximum absolute atomic E-state index is 13.7. The number of nitrogens with zero attached hydrogens (tertiary/aromatic N) is 7. The van der Waals surface area contributed by atoms with E-state index >= 15 is 0 Å². The van der Waals surface area contributed by atoms with Crippen LogP contribution in [0.5, 0.6) is 0 Å². The second-order valence-corrected chi connectivity index (χ2v) is 9.92. The Kier molecular flexibility index (Phi) is 6.42. The molecule has 4 aromatic rings. The average molecular weight is 518 g/mol. The number of nitrogens with one attached hydrogen (secondary N) is 2. The van der Waals surface area contributed by atoms with Gasteiger partial charge in [0.2, 0.25) is 5.65 Å². The monoisotopic (exact) mass is 517 g/mol. The lowest BCUT2D eigenvalue weighted by Crippen LogP contribution is -2.54. The standard InChI is InChI=1S/C26H31N9O3/c1-16-13-35(14-17(2)28-16)24-19(11-21-23(31-24)32-26(38-21)34-7-9-37-10-8-34)25(36)30-22-6-4-5-20(29-22)18-12-27-33(3)15-18/h4-6,11-12,15-17,28H,7-10,13-14H2,1-3H3,(H,29,30,36). The van der Waals surface area contributed by atoms with Crippen molar-refractivity contribution in [1.29, 1.82) is 0 Å². The van der Waals surface area contributed by atoms with Crippen LogP contribution >= 0.6 is 0 Å². The van der Waals surface area contributed by atoms with E-state index in [9.17, 15) is 4.79 Å². The predicted octanol–water partition coefficient (Wildman–Crippen LogP) is 2.29. The molecule has 2 aliphatic heterocycles. The third-order valence-corrected chi connectivity index (χ3v) is 6.73. The molecule has 1 amide bonds. The molecule has 0 radical (unpaired) electrons. The van der Waals surface area contributed by atoms with E-state index in [1.807, 2.05) is 30.3 Å². The fourth-order valence-corrected chi connectivity index (χ4v) is 5.04. The Hall–Kier alpha value is -4.03. The van der Waals surface area contributed by atoms with E-state index in [1.54, 1.807) is 23.0 Å². The van der Waals surface area contributed by atoms with E-state index < -0.39 is 0 Å². The molecular weight excluding hydrogens is 486 g/mol. The highest BCUT2D eigenvalue weighted by Crippen LogP contribution is 2.29. The van der Waals surface area contributed by atoms with Crippen LogP contribution in [-0.4, -0.2) is 82.1 Å². The van der Waals surface area contributed by atoms with E-state index in [0.29, 0.717) is 73.8 Å². The van der Waals surface area contributed by atoms with E-state index in [2.05, 4.69) is 44.4 Å². The summed E-state index contributed by atoms with van der Waals surface area (Å²) in [6.07, 6.45) is 3.62. The van der Waals surface area contributed by atoms with Crippen molar-refractivity contribution >= 4 is 34.8 Å². The lowest BCUT2D eigenvalue weighted by Gasteiger charge is -2.37. The zero-order valence-corrected chi connectivity index (χ0v) is 21.7. The van der Waals surface area contributed by atoms with Gasteiger partial charge in [-0.2, -0.15) is 10.1 Å². The molecule has 2 saturated heterocycles. The Morgan fingerprint density at radius 2 is 1.87 bits per heavy atom. The van der Waals surface area contributed by atoms with Gasteiger partial charge >= 0.3 is 0 Å². The van der Waals surface area contributed by atoms with Crippen molar-refractivity contribution < 1.29 is 13.9 Å². The molecule has 38 heavy (non-hydrogen) atoms.